The van der Waals surface area contributed by atoms with Crippen LogP contribution in [0, 0.1) is 0 Å². The Morgan fingerprint density at radius 3 is 3.07 bits per heavy atom. The second-order valence-electron chi connectivity index (χ2n) is 2.96. The number of aliphatic hydroxyl groups excluding tert-OH is 1. The zero-order chi connectivity index (χ0) is 10.6. The molecule has 0 amide bonds. The molecule has 6 nitrogen and oxygen atoms in total. The number of carbonyl (C=O) groups excluding carboxylic acids is 1. The highest BCUT2D eigenvalue weighted by atomic mass is 16.5. The molecule has 1 unspecified atom stereocenters. The van der Waals surface area contributed by atoms with Crippen molar-refractivity contribution in [3.63, 3.8) is 0 Å². The maximum Gasteiger partial charge on any atom is 0.377 e. The van der Waals surface area contributed by atoms with Gasteiger partial charge < -0.3 is 9.84 Å². The van der Waals surface area contributed by atoms with Crippen molar-refractivity contribution < 1.29 is 14.6 Å². The lowest BCUT2D eigenvalue weighted by Gasteiger charge is -2.02. The van der Waals surface area contributed by atoms with E-state index in [0.717, 1.165) is 0 Å². The van der Waals surface area contributed by atoms with Gasteiger partial charge in [0.2, 0.25) is 0 Å². The van der Waals surface area contributed by atoms with Crippen molar-refractivity contribution in [2.24, 2.45) is 0 Å². The predicted octanol–water partition coefficient (Wildman–Crippen LogP) is -0.164. The molecule has 0 radical (unpaired) electrons. The molecular weight excluding hydrogens is 186 g/mol. The van der Waals surface area contributed by atoms with Crippen molar-refractivity contribution >= 4 is 5.97 Å². The molecule has 1 atom stereocenters. The topological polar surface area (TPSA) is 77.2 Å². The average Bonchev–Trinajstić information content (AvgIpc) is 2.62. The maximum absolute atomic E-state index is 11.0. The monoisotopic (exact) mass is 199 g/mol. The molecule has 0 aliphatic heterocycles. The molecule has 1 aromatic rings. The van der Waals surface area contributed by atoms with Crippen LogP contribution in [0.2, 0.25) is 0 Å². The van der Waals surface area contributed by atoms with Crippen LogP contribution < -0.4 is 0 Å². The van der Waals surface area contributed by atoms with Gasteiger partial charge in [0.15, 0.2) is 0 Å². The predicted molar refractivity (Wildman–Crippen MR) is 47.7 cm³/mol. The summed E-state index contributed by atoms with van der Waals surface area (Å²) in [5.41, 5.74) is 0. The van der Waals surface area contributed by atoms with Gasteiger partial charge in [0.25, 0.3) is 5.82 Å². The van der Waals surface area contributed by atoms with Crippen LogP contribution in [0.5, 0.6) is 0 Å². The lowest BCUT2D eigenvalue weighted by molar-refractivity contribution is 0.0586. The van der Waals surface area contributed by atoms with Crippen LogP contribution in [0.15, 0.2) is 6.33 Å². The van der Waals surface area contributed by atoms with Gasteiger partial charge in [-0.3, -0.25) is 4.68 Å². The largest absolute Gasteiger partial charge is 0.463 e. The fraction of sp³-hybridized carbons (Fsp3) is 0.625. The number of esters is 1. The molecule has 0 aromatic carbocycles. The SMILES string of the molecule is COC(=O)c1ncn(CCC(C)O)n1. The lowest BCUT2D eigenvalue weighted by atomic mass is 10.3. The third kappa shape index (κ3) is 2.81. The lowest BCUT2D eigenvalue weighted by Crippen LogP contribution is -2.09. The summed E-state index contributed by atoms with van der Waals surface area (Å²) in [5, 5.41) is 12.9. The summed E-state index contributed by atoms with van der Waals surface area (Å²) in [6, 6.07) is 0. The Bertz CT molecular complexity index is 309. The number of nitrogens with zero attached hydrogens (tertiary/aromatic N) is 3. The van der Waals surface area contributed by atoms with E-state index >= 15 is 0 Å². The van der Waals surface area contributed by atoms with Gasteiger partial charge in [-0.2, -0.15) is 0 Å². The highest BCUT2D eigenvalue weighted by molar-refractivity contribution is 5.84. The first-order valence-electron chi connectivity index (χ1n) is 4.29. The van der Waals surface area contributed by atoms with Gasteiger partial charge >= 0.3 is 5.97 Å². The summed E-state index contributed by atoms with van der Waals surface area (Å²) < 4.78 is 5.95. The molecule has 0 aliphatic rings. The zero-order valence-electron chi connectivity index (χ0n) is 8.17. The molecule has 0 spiro atoms. The van der Waals surface area contributed by atoms with Gasteiger partial charge in [-0.05, 0) is 13.3 Å². The summed E-state index contributed by atoms with van der Waals surface area (Å²) in [4.78, 5) is 14.7. The third-order valence-electron chi connectivity index (χ3n) is 1.68. The molecule has 1 rings (SSSR count). The highest BCUT2D eigenvalue weighted by Crippen LogP contribution is 1.96. The number of aryl methyl sites for hydroxylation is 1. The van der Waals surface area contributed by atoms with E-state index in [-0.39, 0.29) is 11.9 Å². The second-order valence-corrected chi connectivity index (χ2v) is 2.96. The van der Waals surface area contributed by atoms with Gasteiger partial charge in [0, 0.05) is 6.54 Å². The van der Waals surface area contributed by atoms with Crippen molar-refractivity contribution in [2.75, 3.05) is 7.11 Å². The van der Waals surface area contributed by atoms with Gasteiger partial charge in [-0.1, -0.05) is 0 Å². The minimum Gasteiger partial charge on any atom is -0.463 e. The first-order chi connectivity index (χ1) is 6.63. The van der Waals surface area contributed by atoms with E-state index < -0.39 is 5.97 Å². The second kappa shape index (κ2) is 4.71. The average molecular weight is 199 g/mol. The van der Waals surface area contributed by atoms with E-state index in [0.29, 0.717) is 13.0 Å². The van der Waals surface area contributed by atoms with Gasteiger partial charge in [0.05, 0.1) is 13.2 Å². The Kier molecular flexibility index (Phi) is 3.58. The number of aliphatic hydroxyl groups is 1. The first-order valence-corrected chi connectivity index (χ1v) is 4.29. The summed E-state index contributed by atoms with van der Waals surface area (Å²) in [6.45, 7) is 2.22. The van der Waals surface area contributed by atoms with E-state index in [9.17, 15) is 4.79 Å². The molecular formula is C8H13N3O3. The molecule has 0 bridgehead atoms. The molecule has 0 aliphatic carbocycles. The van der Waals surface area contributed by atoms with E-state index in [1.54, 1.807) is 6.92 Å². The molecule has 0 saturated heterocycles. The van der Waals surface area contributed by atoms with Crippen LogP contribution in [0.3, 0.4) is 0 Å². The first kappa shape index (κ1) is 10.6. The van der Waals surface area contributed by atoms with Crippen LogP contribution in [0.25, 0.3) is 0 Å². The van der Waals surface area contributed by atoms with Crippen molar-refractivity contribution in [3.05, 3.63) is 12.2 Å². The Morgan fingerprint density at radius 2 is 2.50 bits per heavy atom. The normalized spacial score (nSPS) is 12.5. The highest BCUT2D eigenvalue weighted by Gasteiger charge is 2.10. The van der Waals surface area contributed by atoms with Crippen molar-refractivity contribution in [1.82, 2.24) is 14.8 Å². The van der Waals surface area contributed by atoms with Crippen molar-refractivity contribution in [3.8, 4) is 0 Å². The van der Waals surface area contributed by atoms with E-state index in [4.69, 9.17) is 5.11 Å². The fourth-order valence-corrected chi connectivity index (χ4v) is 0.906. The van der Waals surface area contributed by atoms with Gasteiger partial charge in [0.1, 0.15) is 6.33 Å². The Labute approximate surface area is 81.5 Å². The number of carbonyl (C=O) groups is 1. The Hall–Kier alpha value is -1.43. The summed E-state index contributed by atoms with van der Waals surface area (Å²) >= 11 is 0. The van der Waals surface area contributed by atoms with Crippen LogP contribution in [0.4, 0.5) is 0 Å². The molecule has 1 aromatic heterocycles. The molecule has 14 heavy (non-hydrogen) atoms. The van der Waals surface area contributed by atoms with Crippen LogP contribution in [0.1, 0.15) is 24.0 Å². The van der Waals surface area contributed by atoms with E-state index in [1.807, 2.05) is 0 Å². The quantitative estimate of drug-likeness (QED) is 0.681. The van der Waals surface area contributed by atoms with E-state index in [2.05, 4.69) is 14.8 Å². The maximum atomic E-state index is 11.0. The summed E-state index contributed by atoms with van der Waals surface area (Å²) in [7, 11) is 1.28. The standard InChI is InChI=1S/C8H13N3O3/c1-6(12)3-4-11-5-9-7(10-11)8(13)14-2/h5-6,12H,3-4H2,1-2H3. The summed E-state index contributed by atoms with van der Waals surface area (Å²) in [5.74, 6) is -0.515. The van der Waals surface area contributed by atoms with Crippen LogP contribution >= 0.6 is 0 Å². The molecule has 78 valence electrons. The molecule has 1 heterocycles. The number of methoxy groups -OCH3 is 1. The number of ether oxygens (including phenoxy) is 1. The van der Waals surface area contributed by atoms with Gasteiger partial charge in [-0.15, -0.1) is 5.10 Å². The molecule has 0 fully saturated rings. The van der Waals surface area contributed by atoms with Crippen molar-refractivity contribution in [2.45, 2.75) is 26.0 Å². The smallest absolute Gasteiger partial charge is 0.377 e. The Balaban J connectivity index is 2.55. The van der Waals surface area contributed by atoms with E-state index in [1.165, 1.54) is 18.1 Å². The Morgan fingerprint density at radius 1 is 1.79 bits per heavy atom. The van der Waals surface area contributed by atoms with Crippen molar-refractivity contribution in [1.29, 1.82) is 0 Å². The van der Waals surface area contributed by atoms with Crippen LogP contribution in [-0.4, -0.2) is 39.1 Å². The zero-order valence-corrected chi connectivity index (χ0v) is 8.17. The fourth-order valence-electron chi connectivity index (χ4n) is 0.906. The minimum absolute atomic E-state index is 0.0399. The molecule has 6 heteroatoms. The summed E-state index contributed by atoms with van der Waals surface area (Å²) in [6.07, 6.45) is 1.62. The van der Waals surface area contributed by atoms with Crippen LogP contribution in [-0.2, 0) is 11.3 Å². The number of hydrogen-bond acceptors (Lipinski definition) is 5. The number of rotatable bonds is 4. The number of aromatic nitrogens is 3. The van der Waals surface area contributed by atoms with Gasteiger partial charge in [-0.25, -0.2) is 9.78 Å². The number of hydrogen-bond donors (Lipinski definition) is 1. The molecule has 0 saturated carbocycles. The molecule has 1 N–H and O–H groups in total. The third-order valence-corrected chi connectivity index (χ3v) is 1.68. The minimum atomic E-state index is -0.555.